The Hall–Kier alpha value is -3.32. The minimum Gasteiger partial charge on any atom is -0.493 e. The van der Waals surface area contributed by atoms with Crippen molar-refractivity contribution in [3.63, 3.8) is 0 Å². The van der Waals surface area contributed by atoms with Gasteiger partial charge in [0.2, 0.25) is 5.91 Å². The molecule has 1 fully saturated rings. The van der Waals surface area contributed by atoms with E-state index >= 15 is 0 Å². The van der Waals surface area contributed by atoms with Gasteiger partial charge in [-0.25, -0.2) is 0 Å². The van der Waals surface area contributed by atoms with Crippen molar-refractivity contribution < 1.29 is 24.2 Å². The lowest BCUT2D eigenvalue weighted by Gasteiger charge is -2.55. The van der Waals surface area contributed by atoms with E-state index in [0.717, 1.165) is 11.1 Å². The van der Waals surface area contributed by atoms with Crippen LogP contribution in [0.3, 0.4) is 0 Å². The molecule has 1 saturated heterocycles. The third-order valence-electron chi connectivity index (χ3n) is 7.07. The van der Waals surface area contributed by atoms with Gasteiger partial charge in [-0.3, -0.25) is 14.5 Å². The number of amides is 2. The lowest BCUT2D eigenvalue weighted by Crippen LogP contribution is -2.71. The lowest BCUT2D eigenvalue weighted by atomic mass is 9.79. The SMILES string of the molecule is C=C1c2cc(OC)c(OC)cc2C[C@@H]2N1C(=O)[C@H](CC(C)C)N1C(=O)c3ccccc3[C@@]21O. The Bertz CT molecular complexity index is 1190. The van der Waals surface area contributed by atoms with Crippen LogP contribution in [0.5, 0.6) is 11.5 Å². The third-order valence-corrected chi connectivity index (χ3v) is 7.07. The molecule has 2 aromatic rings. The molecule has 2 amide bonds. The molecule has 7 heteroatoms. The minimum absolute atomic E-state index is 0.144. The molecule has 3 aliphatic heterocycles. The number of carbonyl (C=O) groups excluding carboxylic acids is 2. The summed E-state index contributed by atoms with van der Waals surface area (Å²) >= 11 is 0. The predicted octanol–water partition coefficient (Wildman–Crippen LogP) is 3.16. The van der Waals surface area contributed by atoms with Gasteiger partial charge in [0, 0.05) is 22.4 Å². The zero-order chi connectivity index (χ0) is 23.7. The normalized spacial score (nSPS) is 25.6. The second-order valence-corrected chi connectivity index (χ2v) is 9.33. The molecular formula is C26H28N2O5. The van der Waals surface area contributed by atoms with Crippen LogP contribution in [0.2, 0.25) is 0 Å². The van der Waals surface area contributed by atoms with Gasteiger partial charge in [-0.15, -0.1) is 0 Å². The number of piperazine rings is 1. The van der Waals surface area contributed by atoms with Crippen molar-refractivity contribution in [3.8, 4) is 11.5 Å². The van der Waals surface area contributed by atoms with E-state index in [1.165, 1.54) is 4.90 Å². The number of fused-ring (bicyclic) bond motifs is 6. The number of benzene rings is 2. The number of nitrogens with zero attached hydrogens (tertiary/aromatic N) is 2. The Morgan fingerprint density at radius 1 is 1.12 bits per heavy atom. The van der Waals surface area contributed by atoms with Gasteiger partial charge in [-0.1, -0.05) is 38.6 Å². The first-order chi connectivity index (χ1) is 15.7. The highest BCUT2D eigenvalue weighted by Crippen LogP contribution is 2.52. The molecule has 0 aliphatic carbocycles. The Balaban J connectivity index is 1.73. The molecule has 33 heavy (non-hydrogen) atoms. The summed E-state index contributed by atoms with van der Waals surface area (Å²) in [7, 11) is 3.13. The lowest BCUT2D eigenvalue weighted by molar-refractivity contribution is -0.192. The molecule has 172 valence electrons. The van der Waals surface area contributed by atoms with E-state index in [9.17, 15) is 14.7 Å². The summed E-state index contributed by atoms with van der Waals surface area (Å²) in [5, 5.41) is 12.3. The topological polar surface area (TPSA) is 79.3 Å². The van der Waals surface area contributed by atoms with Gasteiger partial charge in [-0.2, -0.15) is 0 Å². The molecule has 1 N–H and O–H groups in total. The molecule has 3 aliphatic rings. The average molecular weight is 449 g/mol. The summed E-state index contributed by atoms with van der Waals surface area (Å²) in [6.45, 7) is 8.26. The molecule has 0 aromatic heterocycles. The summed E-state index contributed by atoms with van der Waals surface area (Å²) in [6, 6.07) is 9.27. The Morgan fingerprint density at radius 3 is 2.45 bits per heavy atom. The van der Waals surface area contributed by atoms with Crippen LogP contribution in [-0.4, -0.2) is 53.0 Å². The minimum atomic E-state index is -1.66. The van der Waals surface area contributed by atoms with Gasteiger partial charge in [0.25, 0.3) is 5.91 Å². The van der Waals surface area contributed by atoms with Gasteiger partial charge in [0.15, 0.2) is 17.2 Å². The Kier molecular flexibility index (Phi) is 4.79. The standard InChI is InChI=1S/C26H28N2O5/c1-14(2)10-20-25(30)27-15(3)18-13-22(33-5)21(32-4)11-16(18)12-23(27)26(31)19-9-7-6-8-17(19)24(29)28(20)26/h6-9,11,13-14,20,23,31H,3,10,12H2,1-2,4-5H3/t20-,23-,26+/m0/s1. The van der Waals surface area contributed by atoms with Crippen molar-refractivity contribution in [1.29, 1.82) is 0 Å². The number of methoxy groups -OCH3 is 2. The second-order valence-electron chi connectivity index (χ2n) is 9.33. The average Bonchev–Trinajstić information content (AvgIpc) is 3.03. The van der Waals surface area contributed by atoms with Gasteiger partial charge >= 0.3 is 0 Å². The fourth-order valence-electron chi connectivity index (χ4n) is 5.63. The zero-order valence-electron chi connectivity index (χ0n) is 19.3. The number of carbonyl (C=O) groups is 2. The number of ether oxygens (including phenoxy) is 2. The van der Waals surface area contributed by atoms with Crippen LogP contribution in [-0.2, 0) is 16.9 Å². The molecule has 0 unspecified atom stereocenters. The summed E-state index contributed by atoms with van der Waals surface area (Å²) in [5.74, 6) is 0.719. The summed E-state index contributed by atoms with van der Waals surface area (Å²) in [6.07, 6.45) is 0.777. The zero-order valence-corrected chi connectivity index (χ0v) is 19.3. The van der Waals surface area contributed by atoms with Crippen LogP contribution in [0.4, 0.5) is 0 Å². The van der Waals surface area contributed by atoms with Crippen LogP contribution in [0.15, 0.2) is 43.0 Å². The molecule has 0 spiro atoms. The predicted molar refractivity (Wildman–Crippen MR) is 123 cm³/mol. The van der Waals surface area contributed by atoms with E-state index in [1.807, 2.05) is 32.0 Å². The highest BCUT2D eigenvalue weighted by atomic mass is 16.5. The second kappa shape index (κ2) is 7.35. The van der Waals surface area contributed by atoms with Gasteiger partial charge in [-0.05, 0) is 42.5 Å². The van der Waals surface area contributed by atoms with Crippen molar-refractivity contribution in [2.24, 2.45) is 5.92 Å². The van der Waals surface area contributed by atoms with Crippen molar-refractivity contribution in [3.05, 3.63) is 65.2 Å². The van der Waals surface area contributed by atoms with Crippen molar-refractivity contribution in [1.82, 2.24) is 9.80 Å². The first kappa shape index (κ1) is 21.5. The van der Waals surface area contributed by atoms with Crippen molar-refractivity contribution in [2.75, 3.05) is 14.2 Å². The fourth-order valence-corrected chi connectivity index (χ4v) is 5.63. The maximum atomic E-state index is 13.9. The third kappa shape index (κ3) is 2.78. The monoisotopic (exact) mass is 448 g/mol. The molecule has 0 bridgehead atoms. The van der Waals surface area contributed by atoms with E-state index in [4.69, 9.17) is 9.47 Å². The van der Waals surface area contributed by atoms with Crippen LogP contribution < -0.4 is 9.47 Å². The molecular weight excluding hydrogens is 420 g/mol. The van der Waals surface area contributed by atoms with E-state index in [0.29, 0.717) is 41.2 Å². The molecule has 0 radical (unpaired) electrons. The molecule has 7 nitrogen and oxygen atoms in total. The highest BCUT2D eigenvalue weighted by molar-refractivity contribution is 6.05. The fraction of sp³-hybridized carbons (Fsp3) is 0.385. The molecule has 3 heterocycles. The number of aliphatic hydroxyl groups is 1. The van der Waals surface area contributed by atoms with Crippen LogP contribution in [0.25, 0.3) is 5.70 Å². The number of hydrogen-bond donors (Lipinski definition) is 1. The largest absolute Gasteiger partial charge is 0.493 e. The first-order valence-corrected chi connectivity index (χ1v) is 11.2. The Labute approximate surface area is 193 Å². The molecule has 3 atom stereocenters. The highest BCUT2D eigenvalue weighted by Gasteiger charge is 2.64. The Morgan fingerprint density at radius 2 is 1.79 bits per heavy atom. The van der Waals surface area contributed by atoms with Crippen LogP contribution in [0.1, 0.15) is 47.3 Å². The maximum Gasteiger partial charge on any atom is 0.257 e. The summed E-state index contributed by atoms with van der Waals surface area (Å²) in [5.41, 5.74) is 1.45. The molecule has 5 rings (SSSR count). The van der Waals surface area contributed by atoms with E-state index in [-0.39, 0.29) is 17.7 Å². The van der Waals surface area contributed by atoms with Gasteiger partial charge < -0.3 is 19.5 Å². The number of rotatable bonds is 4. The first-order valence-electron chi connectivity index (χ1n) is 11.2. The van der Waals surface area contributed by atoms with Gasteiger partial charge in [0.05, 0.1) is 20.3 Å². The van der Waals surface area contributed by atoms with Crippen molar-refractivity contribution >= 4 is 17.5 Å². The van der Waals surface area contributed by atoms with E-state index in [1.54, 1.807) is 37.3 Å². The number of hydrogen-bond acceptors (Lipinski definition) is 5. The smallest absolute Gasteiger partial charge is 0.257 e. The molecule has 2 aromatic carbocycles. The summed E-state index contributed by atoms with van der Waals surface area (Å²) in [4.78, 5) is 30.4. The van der Waals surface area contributed by atoms with E-state index in [2.05, 4.69) is 6.58 Å². The van der Waals surface area contributed by atoms with E-state index < -0.39 is 17.8 Å². The summed E-state index contributed by atoms with van der Waals surface area (Å²) < 4.78 is 10.9. The maximum absolute atomic E-state index is 13.9. The quantitative estimate of drug-likeness (QED) is 0.777. The van der Waals surface area contributed by atoms with Crippen LogP contribution in [0, 0.1) is 5.92 Å². The van der Waals surface area contributed by atoms with Crippen LogP contribution >= 0.6 is 0 Å². The molecule has 0 saturated carbocycles. The van der Waals surface area contributed by atoms with Crippen molar-refractivity contribution in [2.45, 2.75) is 44.5 Å². The van der Waals surface area contributed by atoms with Gasteiger partial charge in [0.1, 0.15) is 6.04 Å².